The number of nitrogens with one attached hydrogen (secondary N) is 1. The third-order valence-corrected chi connectivity index (χ3v) is 28.2. The molecule has 0 radical (unpaired) electrons. The normalized spacial score (nSPS) is 21.2. The Morgan fingerprint density at radius 3 is 2.21 bits per heavy atom. The van der Waals surface area contributed by atoms with Crippen molar-refractivity contribution in [3.8, 4) is 39.3 Å². The second-order valence-electron chi connectivity index (χ2n) is 31.4. The summed E-state index contributed by atoms with van der Waals surface area (Å²) < 4.78 is 62.6. The average Bonchev–Trinajstić information content (AvgIpc) is 1.18. The number of carbonyl (C=O) groups is 3. The molecule has 3 amide bonds. The Hall–Kier alpha value is -8.87. The fourth-order valence-corrected chi connectivity index (χ4v) is 22.7. The summed E-state index contributed by atoms with van der Waals surface area (Å²) in [6.45, 7) is 24.7. The number of hydrogen-bond donors (Lipinski definition) is 1. The minimum Gasteiger partial charge on any atom is -0.474 e. The number of hydrogen-bond acceptors (Lipinski definition) is 18. The number of likely N-dealkylation sites (tertiary alicyclic amines) is 1. The predicted octanol–water partition coefficient (Wildman–Crippen LogP) is 14.2. The monoisotopic (exact) mass is 1460 g/mol. The van der Waals surface area contributed by atoms with Gasteiger partial charge in [0.25, 0.3) is 14.2 Å². The summed E-state index contributed by atoms with van der Waals surface area (Å²) in [5.41, 5.74) is 5.52. The molecule has 8 atom stereocenters. The number of methoxy groups -OCH3 is 1. The zero-order chi connectivity index (χ0) is 73.7. The van der Waals surface area contributed by atoms with Crippen molar-refractivity contribution in [2.75, 3.05) is 58.2 Å². The molecule has 14 rings (SSSR count). The van der Waals surface area contributed by atoms with Gasteiger partial charge in [0.05, 0.1) is 51.2 Å². The summed E-state index contributed by atoms with van der Waals surface area (Å²) >= 11 is 1.60. The molecule has 0 spiro atoms. The lowest BCUT2D eigenvalue weighted by molar-refractivity contribution is -0.141. The van der Waals surface area contributed by atoms with E-state index in [0.29, 0.717) is 47.8 Å². The third-order valence-electron chi connectivity index (χ3n) is 22.1. The van der Waals surface area contributed by atoms with Crippen molar-refractivity contribution in [2.24, 2.45) is 5.92 Å². The van der Waals surface area contributed by atoms with Gasteiger partial charge in [-0.3, -0.25) is 24.4 Å². The van der Waals surface area contributed by atoms with Crippen LogP contribution in [-0.4, -0.2) is 161 Å². The highest BCUT2D eigenvalue weighted by atomic mass is 32.1. The molecule has 2 bridgehead atoms. The number of aromatic nitrogens is 5. The number of pyridine rings is 1. The number of carbonyl (C=O) groups excluding carboxylic acids is 3. The van der Waals surface area contributed by atoms with Crippen LogP contribution in [0.25, 0.3) is 43.4 Å². The van der Waals surface area contributed by atoms with E-state index in [1.165, 1.54) is 0 Å². The largest absolute Gasteiger partial charge is 0.474 e. The molecule has 105 heavy (non-hydrogen) atoms. The fraction of sp³-hybridized carbons (Fsp3) is 0.463. The molecule has 1 N–H and O–H groups in total. The van der Waals surface area contributed by atoms with Gasteiger partial charge in [0.1, 0.15) is 53.6 Å². The average molecular weight is 1460 g/mol. The van der Waals surface area contributed by atoms with E-state index in [1.807, 2.05) is 113 Å². The first-order valence-corrected chi connectivity index (χ1v) is 39.9. The summed E-state index contributed by atoms with van der Waals surface area (Å²) in [5, 5.41) is 11.8. The number of rotatable bonds is 23. The molecule has 0 saturated carbocycles. The number of fused-ring (bicyclic) bond motifs is 5. The van der Waals surface area contributed by atoms with Crippen LogP contribution >= 0.6 is 11.3 Å². The lowest BCUT2D eigenvalue weighted by Gasteiger charge is -2.44. The third kappa shape index (κ3) is 14.4. The van der Waals surface area contributed by atoms with Crippen LogP contribution < -0.4 is 34.8 Å². The lowest BCUT2D eigenvalue weighted by Crippen LogP contribution is -2.67. The molecule has 5 aliphatic rings. The van der Waals surface area contributed by atoms with Gasteiger partial charge in [0, 0.05) is 57.0 Å². The number of anilines is 1. The zero-order valence-corrected chi connectivity index (χ0v) is 64.1. The molecule has 3 unspecified atom stereocenters. The highest BCUT2D eigenvalue weighted by Gasteiger charge is 2.55. The van der Waals surface area contributed by atoms with Crippen LogP contribution in [0.15, 0.2) is 138 Å². The lowest BCUT2D eigenvalue weighted by atomic mass is 9.91. The van der Waals surface area contributed by atoms with Crippen molar-refractivity contribution in [1.82, 2.24) is 45.1 Å². The molecule has 5 fully saturated rings. The van der Waals surface area contributed by atoms with Crippen molar-refractivity contribution in [3.63, 3.8) is 0 Å². The topological polar surface area (TPSA) is 209 Å². The number of piperazine rings is 1. The van der Waals surface area contributed by atoms with Crippen LogP contribution in [0.4, 0.5) is 15.0 Å². The molecule has 552 valence electrons. The van der Waals surface area contributed by atoms with Gasteiger partial charge in [-0.25, -0.2) is 14.2 Å². The maximum absolute atomic E-state index is 18.1. The van der Waals surface area contributed by atoms with Crippen LogP contribution in [0.5, 0.6) is 17.6 Å². The van der Waals surface area contributed by atoms with Crippen molar-refractivity contribution in [2.45, 2.75) is 186 Å². The first kappa shape index (κ1) is 73.0. The van der Waals surface area contributed by atoms with Crippen LogP contribution in [-0.2, 0) is 29.9 Å². The van der Waals surface area contributed by atoms with E-state index in [1.54, 1.807) is 35.6 Å². The SMILES string of the molecule is CCc1cccc2cc(OCOC)cc(-c3ncc4c(N5CC6CCC(C5)N6C(=O)OC(C)(C)C)nc(OC[C@]56CCCN5[C@H](COc5cc(C(C(=O)N7C[C@H](O[Si](c8ccccc8)(c8ccccc8)C(C)(C)C)C[C@H]7C(=O)N[C@@H](C)c7ccc(-c8scnc8C)cc7)C(C)C)on5)CC6)nc4c3F)c12. The number of amides is 3. The number of nitrogens with zero attached hydrogens (tertiary/aromatic N) is 9. The Morgan fingerprint density at radius 2 is 1.55 bits per heavy atom. The summed E-state index contributed by atoms with van der Waals surface area (Å²) in [6, 6.07) is 39.0. The van der Waals surface area contributed by atoms with E-state index in [0.717, 1.165) is 93.5 Å². The van der Waals surface area contributed by atoms with Crippen molar-refractivity contribution >= 4 is 75.4 Å². The van der Waals surface area contributed by atoms with Gasteiger partial charge >= 0.3 is 12.1 Å². The van der Waals surface area contributed by atoms with Gasteiger partial charge in [-0.1, -0.05) is 145 Å². The van der Waals surface area contributed by atoms with Gasteiger partial charge < -0.3 is 47.8 Å². The fourth-order valence-electron chi connectivity index (χ4n) is 17.2. The number of benzene rings is 5. The molecule has 0 aliphatic carbocycles. The quantitative estimate of drug-likeness (QED) is 0.0466. The second kappa shape index (κ2) is 29.8. The number of ether oxygens (including phenoxy) is 5. The van der Waals surface area contributed by atoms with Crippen LogP contribution in [0.2, 0.25) is 5.04 Å². The van der Waals surface area contributed by atoms with Crippen molar-refractivity contribution in [3.05, 3.63) is 161 Å². The molecule has 9 aromatic rings. The molecule has 23 heteroatoms. The van der Waals surface area contributed by atoms with Gasteiger partial charge in [0.15, 0.2) is 18.4 Å². The summed E-state index contributed by atoms with van der Waals surface area (Å²) in [4.78, 5) is 73.3. The Bertz CT molecular complexity index is 4580. The van der Waals surface area contributed by atoms with E-state index in [4.69, 9.17) is 47.6 Å². The van der Waals surface area contributed by atoms with Crippen LogP contribution in [0.3, 0.4) is 0 Å². The first-order valence-electron chi connectivity index (χ1n) is 37.1. The molecule has 5 aromatic carbocycles. The summed E-state index contributed by atoms with van der Waals surface area (Å²) in [7, 11) is -1.59. The molecule has 5 aliphatic heterocycles. The molecular formula is C82H97FN10O10SSi. The number of aryl methyl sites for hydroxylation is 2. The Morgan fingerprint density at radius 1 is 0.829 bits per heavy atom. The predicted molar refractivity (Wildman–Crippen MR) is 407 cm³/mol. The van der Waals surface area contributed by atoms with Gasteiger partial charge in [0.2, 0.25) is 11.8 Å². The minimum absolute atomic E-state index is 0.00585. The maximum atomic E-state index is 18.1. The molecule has 9 heterocycles. The highest BCUT2D eigenvalue weighted by molar-refractivity contribution is 7.13. The molecule has 5 saturated heterocycles. The Labute approximate surface area is 619 Å². The molecular weight excluding hydrogens is 1360 g/mol. The van der Waals surface area contributed by atoms with Crippen LogP contribution in [0, 0.1) is 18.7 Å². The standard InChI is InChI=1S/C82H97FN10O10SSi/c1-13-53-22-20-23-56-38-60(100-49-97-12)39-64(70(53)56)72-71(83)73-65(42-84-72)75(90-43-57-32-33-58(44-90)93(57)79(96)101-80(6,7)8)88-78(87-73)99-47-82-35-21-37-92(82)59(34-36-82)46-98-68-41-67(102-89-68)69(50(2)3)77(95)91-45-61(103-105(81(9,10)11,62-24-16-14-17-25-62)63-26-18-15-19-27-63)40-66(91)76(94)86-51(4)54-28-30-55(31-29-54)74-52(5)85-48-104-74/h14-20,22-31,38-39,41-42,48,50-51,57-59,61,66,69H,13,21,32-37,40,43-47,49H2,1-12H3,(H,86,94)/t51-,57?,58?,59-,61+,66-,69?,82+/m0/s1. The van der Waals surface area contributed by atoms with E-state index in [2.05, 4.69) is 114 Å². The number of thiazole rings is 1. The maximum Gasteiger partial charge on any atom is 0.410 e. The Balaban J connectivity index is 0.714. The zero-order valence-electron chi connectivity index (χ0n) is 62.3. The Kier molecular flexibility index (Phi) is 20.7. The van der Waals surface area contributed by atoms with E-state index in [9.17, 15) is 4.79 Å². The van der Waals surface area contributed by atoms with Crippen LogP contribution in [0.1, 0.15) is 149 Å². The van der Waals surface area contributed by atoms with Gasteiger partial charge in [-0.2, -0.15) is 9.97 Å². The summed E-state index contributed by atoms with van der Waals surface area (Å²) in [6.07, 6.45) is 6.74. The highest BCUT2D eigenvalue weighted by Crippen LogP contribution is 2.46. The smallest absolute Gasteiger partial charge is 0.410 e. The van der Waals surface area contributed by atoms with E-state index in [-0.39, 0.29) is 109 Å². The van der Waals surface area contributed by atoms with Gasteiger partial charge in [-0.05, 0) is 152 Å². The molecule has 4 aromatic heterocycles. The second-order valence-corrected chi connectivity index (χ2v) is 36.6. The number of halogens is 1. The van der Waals surface area contributed by atoms with Gasteiger partial charge in [-0.15, -0.1) is 11.3 Å². The summed E-state index contributed by atoms with van der Waals surface area (Å²) in [5.74, 6) is -0.646. The molecule has 20 nitrogen and oxygen atoms in total. The van der Waals surface area contributed by atoms with E-state index < -0.39 is 43.3 Å². The first-order chi connectivity index (χ1) is 50.4. The minimum atomic E-state index is -3.15. The van der Waals surface area contributed by atoms with Crippen molar-refractivity contribution in [1.29, 1.82) is 0 Å². The van der Waals surface area contributed by atoms with E-state index >= 15 is 14.0 Å². The van der Waals surface area contributed by atoms with Crippen molar-refractivity contribution < 1.29 is 51.4 Å².